The molecule has 2 fully saturated rings. The van der Waals surface area contributed by atoms with Crippen molar-refractivity contribution in [2.45, 2.75) is 11.1 Å². The molecule has 0 radical (unpaired) electrons. The average Bonchev–Trinajstić information content (AvgIpc) is 3.52. The van der Waals surface area contributed by atoms with Gasteiger partial charge in [0.25, 0.3) is 11.8 Å². The number of imide groups is 2. The Morgan fingerprint density at radius 2 is 0.667 bits per heavy atom. The van der Waals surface area contributed by atoms with Crippen LogP contribution in [0.15, 0.2) is 121 Å². The zero-order chi connectivity index (χ0) is 36.2. The molecule has 0 spiro atoms. The summed E-state index contributed by atoms with van der Waals surface area (Å²) in [5.74, 6) is -1.35. The van der Waals surface area contributed by atoms with Crippen molar-refractivity contribution in [3.63, 3.8) is 0 Å². The summed E-state index contributed by atoms with van der Waals surface area (Å²) >= 11 is 0. The van der Waals surface area contributed by atoms with Gasteiger partial charge in [-0.05, 0) is 22.3 Å². The molecule has 4 aromatic rings. The molecule has 0 aromatic heterocycles. The number of carbonyl (C=O) groups is 4. The minimum atomic E-state index is -4.83. The molecule has 6 amide bonds. The van der Waals surface area contributed by atoms with E-state index in [4.69, 9.17) is 19.6 Å². The van der Waals surface area contributed by atoms with Crippen LogP contribution in [0.2, 0.25) is 0 Å². The summed E-state index contributed by atoms with van der Waals surface area (Å²) in [6.07, 6.45) is 0. The number of rotatable bonds is 10. The normalized spacial score (nSPS) is 14.7. The number of urea groups is 2. The van der Waals surface area contributed by atoms with Crippen molar-refractivity contribution in [1.82, 2.24) is 20.4 Å². The van der Waals surface area contributed by atoms with Gasteiger partial charge < -0.3 is 57.6 Å². The SMILES string of the molecule is O.O.O.O.O.O=C1NC(c2ccccc2)(c2ccccc2)C(=O)N1COP(=O)(O)O.O=C1NC(c2ccccc2)(c2ccccc2)C(=O)N1COP(=O)(O)O.[Na+].[Na+]. The van der Waals surface area contributed by atoms with Gasteiger partial charge in [-0.3, -0.25) is 18.6 Å². The number of hydrogen-bond donors (Lipinski definition) is 6. The summed E-state index contributed by atoms with van der Waals surface area (Å²) in [5.41, 5.74) is -0.872. The topological polar surface area (TPSA) is 390 Å². The zero-order valence-electron chi connectivity index (χ0n) is 30.3. The van der Waals surface area contributed by atoms with Gasteiger partial charge in [-0.25, -0.2) is 28.5 Å². The second-order valence-corrected chi connectivity index (χ2v) is 13.3. The van der Waals surface area contributed by atoms with E-state index in [0.717, 1.165) is 0 Å². The van der Waals surface area contributed by atoms with Crippen LogP contribution in [0.3, 0.4) is 0 Å². The number of phosphoric acid groups is 2. The predicted molar refractivity (Wildman–Crippen MR) is 192 cm³/mol. The fraction of sp³-hybridized carbons (Fsp3) is 0.125. The number of hydrogen-bond acceptors (Lipinski definition) is 8. The van der Waals surface area contributed by atoms with E-state index in [1.165, 1.54) is 0 Å². The smallest absolute Gasteiger partial charge is 0.412 e. The molecule has 0 atom stereocenters. The maximum atomic E-state index is 13.1. The van der Waals surface area contributed by atoms with Crippen LogP contribution in [0.4, 0.5) is 9.59 Å². The van der Waals surface area contributed by atoms with Crippen molar-refractivity contribution in [2.75, 3.05) is 13.5 Å². The number of carbonyl (C=O) groups excluding carboxylic acids is 4. The second-order valence-electron chi connectivity index (χ2n) is 10.8. The van der Waals surface area contributed by atoms with Gasteiger partial charge in [0.15, 0.2) is 11.1 Å². The Morgan fingerprint density at radius 1 is 0.456 bits per heavy atom. The standard InChI is InChI=1S/2C16H15N2O6P.2Na.5H2O/c2*19-14-16(12-7-3-1-4-8-12,13-9-5-2-6-10-13)17-15(20)18(14)11-24-25(21,22)23;;;;;;;/h2*1-10H,11H2,(H,17,20)(H2,21,22,23);;;5*1H2/q;;2*+1;;;;;. The number of phosphoric ester groups is 2. The Labute approximate surface area is 369 Å². The van der Waals surface area contributed by atoms with Gasteiger partial charge >= 0.3 is 86.8 Å². The maximum Gasteiger partial charge on any atom is 1.00 e. The minimum absolute atomic E-state index is 0. The minimum Gasteiger partial charge on any atom is -0.412 e. The monoisotopic (exact) mass is 860 g/mol. The molecule has 2 aliphatic heterocycles. The molecule has 57 heavy (non-hydrogen) atoms. The van der Waals surface area contributed by atoms with Crippen LogP contribution >= 0.6 is 15.6 Å². The number of benzene rings is 4. The average molecular weight is 861 g/mol. The first-order valence-corrected chi connectivity index (χ1v) is 17.7. The fourth-order valence-electron chi connectivity index (χ4n) is 5.52. The third-order valence-corrected chi connectivity index (χ3v) is 8.65. The summed E-state index contributed by atoms with van der Waals surface area (Å²) in [4.78, 5) is 87.4. The Kier molecular flexibility index (Phi) is 24.5. The van der Waals surface area contributed by atoms with Crippen molar-refractivity contribution in [3.8, 4) is 0 Å². The summed E-state index contributed by atoms with van der Waals surface area (Å²) in [6.45, 7) is -1.70. The molecule has 0 saturated carbocycles. The number of nitrogens with one attached hydrogen (secondary N) is 2. The Balaban J connectivity index is -0.000000911. The van der Waals surface area contributed by atoms with E-state index in [1.54, 1.807) is 121 Å². The van der Waals surface area contributed by atoms with E-state index >= 15 is 0 Å². The van der Waals surface area contributed by atoms with Crippen molar-refractivity contribution in [3.05, 3.63) is 144 Å². The van der Waals surface area contributed by atoms with E-state index < -0.39 is 64.1 Å². The summed E-state index contributed by atoms with van der Waals surface area (Å²) in [6, 6.07) is 32.9. The maximum absolute atomic E-state index is 13.1. The van der Waals surface area contributed by atoms with Gasteiger partial charge in [-0.1, -0.05) is 121 Å². The number of nitrogens with zero attached hydrogens (tertiary/aromatic N) is 2. The van der Waals surface area contributed by atoms with E-state index in [2.05, 4.69) is 19.7 Å². The van der Waals surface area contributed by atoms with Crippen LogP contribution in [0.25, 0.3) is 0 Å². The van der Waals surface area contributed by atoms with E-state index in [1.807, 2.05) is 0 Å². The predicted octanol–water partition coefficient (Wildman–Crippen LogP) is -7.02. The van der Waals surface area contributed by atoms with Crippen molar-refractivity contribution >= 4 is 39.5 Å². The molecule has 0 bridgehead atoms. The first kappa shape index (κ1) is 58.1. The van der Waals surface area contributed by atoms with Gasteiger partial charge in [-0.2, -0.15) is 0 Å². The molecule has 16 N–H and O–H groups in total. The first-order valence-electron chi connectivity index (χ1n) is 14.6. The third kappa shape index (κ3) is 12.9. The van der Waals surface area contributed by atoms with Gasteiger partial charge in [0.2, 0.25) is 0 Å². The van der Waals surface area contributed by atoms with E-state index in [0.29, 0.717) is 32.1 Å². The summed E-state index contributed by atoms with van der Waals surface area (Å²) < 4.78 is 30.5. The third-order valence-electron chi connectivity index (χ3n) is 7.75. The van der Waals surface area contributed by atoms with Crippen molar-refractivity contribution in [1.29, 1.82) is 0 Å². The summed E-state index contributed by atoms with van der Waals surface area (Å²) in [5, 5.41) is 5.28. The molecule has 0 unspecified atom stereocenters. The quantitative estimate of drug-likeness (QED) is 0.0492. The van der Waals surface area contributed by atoms with Crippen LogP contribution in [-0.4, -0.2) is 94.1 Å². The Bertz CT molecular complexity index is 1760. The first-order chi connectivity index (χ1) is 23.7. The molecule has 6 rings (SSSR count). The van der Waals surface area contributed by atoms with Crippen LogP contribution in [0.1, 0.15) is 22.3 Å². The molecule has 2 saturated heterocycles. The molecule has 0 aliphatic carbocycles. The molecule has 4 aromatic carbocycles. The second kappa shape index (κ2) is 24.0. The Hall–Kier alpha value is -3.22. The molecular formula is C32H40N4Na2O17P2+2. The van der Waals surface area contributed by atoms with Crippen LogP contribution in [0.5, 0.6) is 0 Å². The molecular weight excluding hydrogens is 820 g/mol. The molecule has 21 nitrogen and oxygen atoms in total. The van der Waals surface area contributed by atoms with Crippen molar-refractivity contribution < 1.29 is 143 Å². The van der Waals surface area contributed by atoms with Crippen LogP contribution in [-0.2, 0) is 38.8 Å². The van der Waals surface area contributed by atoms with Crippen molar-refractivity contribution in [2.24, 2.45) is 0 Å². The van der Waals surface area contributed by atoms with Crippen LogP contribution in [0, 0.1) is 0 Å². The van der Waals surface area contributed by atoms with E-state index in [-0.39, 0.29) is 86.5 Å². The molecule has 2 aliphatic rings. The van der Waals surface area contributed by atoms with Gasteiger partial charge in [0, 0.05) is 0 Å². The molecule has 2 heterocycles. The van der Waals surface area contributed by atoms with Gasteiger partial charge in [0.05, 0.1) is 0 Å². The molecule has 25 heteroatoms. The Morgan fingerprint density at radius 3 is 0.860 bits per heavy atom. The molecule has 300 valence electrons. The van der Waals surface area contributed by atoms with Gasteiger partial charge in [-0.15, -0.1) is 0 Å². The zero-order valence-corrected chi connectivity index (χ0v) is 36.1. The summed E-state index contributed by atoms with van der Waals surface area (Å²) in [7, 11) is -9.66. The van der Waals surface area contributed by atoms with Gasteiger partial charge in [0.1, 0.15) is 13.5 Å². The largest absolute Gasteiger partial charge is 1.00 e. The number of amides is 6. The fourth-order valence-corrected chi connectivity index (χ4v) is 6.05. The van der Waals surface area contributed by atoms with E-state index in [9.17, 15) is 28.3 Å². The van der Waals surface area contributed by atoms with Crippen LogP contribution < -0.4 is 69.7 Å².